The SMILES string of the molecule is C=C(N[C@H]1c2ccccc2C[C@H]1O)[C@H](Cc1ccc(O)cc1)C[C@H](C#N)[C@@H](N)Cc1ccccc1. The molecule has 0 aliphatic heterocycles. The van der Waals surface area contributed by atoms with Crippen molar-refractivity contribution in [1.82, 2.24) is 5.32 Å². The number of rotatable bonds is 10. The van der Waals surface area contributed by atoms with Crippen LogP contribution >= 0.6 is 0 Å². The third kappa shape index (κ3) is 6.10. The molecule has 0 spiro atoms. The number of aliphatic hydroxyl groups excluding tert-OH is 1. The molecule has 4 rings (SSSR count). The lowest BCUT2D eigenvalue weighted by molar-refractivity contribution is 0.144. The van der Waals surface area contributed by atoms with Gasteiger partial charge >= 0.3 is 0 Å². The highest BCUT2D eigenvalue weighted by molar-refractivity contribution is 5.37. The van der Waals surface area contributed by atoms with Gasteiger partial charge in [0.25, 0.3) is 0 Å². The third-order valence-electron chi connectivity index (χ3n) is 6.99. The maximum atomic E-state index is 10.7. The van der Waals surface area contributed by atoms with E-state index in [2.05, 4.69) is 18.0 Å². The van der Waals surface area contributed by atoms with Gasteiger partial charge in [0.05, 0.1) is 24.1 Å². The Labute approximate surface area is 207 Å². The fourth-order valence-corrected chi connectivity index (χ4v) is 4.99. The molecular weight excluding hydrogens is 434 g/mol. The van der Waals surface area contributed by atoms with Crippen LogP contribution in [0.25, 0.3) is 0 Å². The van der Waals surface area contributed by atoms with Crippen LogP contribution in [0, 0.1) is 23.2 Å². The molecular formula is C30H33N3O2. The summed E-state index contributed by atoms with van der Waals surface area (Å²) in [6, 6.07) is 27.1. The standard InChI is InChI=1S/C30H33N3O2/c1-20(33-30-27-10-6-5-9-23(27)18-29(30)35)24(15-22-11-13-26(34)14-12-22)17-25(19-31)28(32)16-21-7-3-2-4-8-21/h2-14,24-25,28-30,33-35H,1,15-18,32H2/t24-,25-,28+,29-,30+/m1/s1. The molecule has 0 saturated heterocycles. The van der Waals surface area contributed by atoms with Gasteiger partial charge in [-0.3, -0.25) is 0 Å². The van der Waals surface area contributed by atoms with Crippen molar-refractivity contribution >= 4 is 0 Å². The number of nitrogens with two attached hydrogens (primary N) is 1. The van der Waals surface area contributed by atoms with Gasteiger partial charge in [0, 0.05) is 24.1 Å². The average molecular weight is 468 g/mol. The Bertz CT molecular complexity index is 1170. The van der Waals surface area contributed by atoms with E-state index in [4.69, 9.17) is 5.73 Å². The van der Waals surface area contributed by atoms with Crippen molar-refractivity contribution < 1.29 is 10.2 Å². The van der Waals surface area contributed by atoms with Crippen molar-refractivity contribution in [3.8, 4) is 11.8 Å². The van der Waals surface area contributed by atoms with E-state index < -0.39 is 6.10 Å². The molecule has 0 fully saturated rings. The average Bonchev–Trinajstić information content (AvgIpc) is 3.18. The van der Waals surface area contributed by atoms with E-state index in [0.717, 1.165) is 28.0 Å². The summed E-state index contributed by atoms with van der Waals surface area (Å²) in [5.74, 6) is -0.227. The van der Waals surface area contributed by atoms with E-state index in [0.29, 0.717) is 25.7 Å². The zero-order valence-electron chi connectivity index (χ0n) is 19.8. The van der Waals surface area contributed by atoms with Gasteiger partial charge in [-0.25, -0.2) is 0 Å². The highest BCUT2D eigenvalue weighted by atomic mass is 16.3. The Morgan fingerprint density at radius 1 is 1.00 bits per heavy atom. The van der Waals surface area contributed by atoms with E-state index in [1.165, 1.54) is 0 Å². The summed E-state index contributed by atoms with van der Waals surface area (Å²) in [5, 5.41) is 33.9. The number of nitrogens with one attached hydrogen (secondary N) is 1. The number of phenolic OH excluding ortho intramolecular Hbond substituents is 1. The van der Waals surface area contributed by atoms with Gasteiger partial charge in [0.1, 0.15) is 5.75 Å². The maximum absolute atomic E-state index is 10.7. The summed E-state index contributed by atoms with van der Waals surface area (Å²) in [6.45, 7) is 4.35. The monoisotopic (exact) mass is 467 g/mol. The number of benzene rings is 3. The van der Waals surface area contributed by atoms with E-state index in [9.17, 15) is 15.5 Å². The Kier molecular flexibility index (Phi) is 7.87. The quantitative estimate of drug-likeness (QED) is 0.354. The second-order valence-electron chi connectivity index (χ2n) is 9.51. The second kappa shape index (κ2) is 11.2. The molecule has 5 heteroatoms. The van der Waals surface area contributed by atoms with Gasteiger partial charge in [0.2, 0.25) is 0 Å². The highest BCUT2D eigenvalue weighted by Gasteiger charge is 2.33. The van der Waals surface area contributed by atoms with Gasteiger partial charge in [-0.15, -0.1) is 0 Å². The Balaban J connectivity index is 1.52. The molecule has 3 aromatic carbocycles. The van der Waals surface area contributed by atoms with Gasteiger partial charge in [0.15, 0.2) is 0 Å². The Morgan fingerprint density at radius 2 is 1.66 bits per heavy atom. The first kappa shape index (κ1) is 24.5. The molecule has 0 unspecified atom stereocenters. The van der Waals surface area contributed by atoms with Crippen LogP contribution in [0.2, 0.25) is 0 Å². The van der Waals surface area contributed by atoms with Gasteiger partial charge in [-0.2, -0.15) is 5.26 Å². The number of hydrogen-bond donors (Lipinski definition) is 4. The Hall–Kier alpha value is -3.59. The number of allylic oxidation sites excluding steroid dienone is 1. The smallest absolute Gasteiger partial charge is 0.115 e. The number of nitriles is 1. The zero-order chi connectivity index (χ0) is 24.8. The molecule has 0 amide bonds. The van der Waals surface area contributed by atoms with Gasteiger partial charge in [-0.05, 0) is 53.6 Å². The van der Waals surface area contributed by atoms with Crippen LogP contribution in [0.4, 0.5) is 0 Å². The first-order chi connectivity index (χ1) is 16.9. The third-order valence-corrected chi connectivity index (χ3v) is 6.99. The summed E-state index contributed by atoms with van der Waals surface area (Å²) in [4.78, 5) is 0. The number of phenols is 1. The van der Waals surface area contributed by atoms with Crippen molar-refractivity contribution in [2.24, 2.45) is 17.6 Å². The number of aromatic hydroxyl groups is 1. The zero-order valence-corrected chi connectivity index (χ0v) is 19.8. The fourth-order valence-electron chi connectivity index (χ4n) is 4.99. The lowest BCUT2D eigenvalue weighted by Gasteiger charge is -2.29. The van der Waals surface area contributed by atoms with Gasteiger partial charge in [-0.1, -0.05) is 73.3 Å². The second-order valence-corrected chi connectivity index (χ2v) is 9.51. The molecule has 5 N–H and O–H groups in total. The topological polar surface area (TPSA) is 102 Å². The highest BCUT2D eigenvalue weighted by Crippen LogP contribution is 2.34. The number of nitrogens with zero attached hydrogens (tertiary/aromatic N) is 1. The molecule has 0 saturated carbocycles. The summed E-state index contributed by atoms with van der Waals surface area (Å²) >= 11 is 0. The van der Waals surface area contributed by atoms with Gasteiger partial charge < -0.3 is 21.3 Å². The van der Waals surface area contributed by atoms with Crippen LogP contribution in [0.5, 0.6) is 5.75 Å². The lowest BCUT2D eigenvalue weighted by Crippen LogP contribution is -2.36. The molecule has 0 bridgehead atoms. The number of aliphatic hydroxyl groups is 1. The Morgan fingerprint density at radius 3 is 2.37 bits per heavy atom. The van der Waals surface area contributed by atoms with Crippen molar-refractivity contribution in [1.29, 1.82) is 5.26 Å². The largest absolute Gasteiger partial charge is 0.508 e. The van der Waals surface area contributed by atoms with Crippen molar-refractivity contribution in [2.45, 2.75) is 43.9 Å². The summed E-state index contributed by atoms with van der Waals surface area (Å²) < 4.78 is 0. The molecule has 5 nitrogen and oxygen atoms in total. The molecule has 35 heavy (non-hydrogen) atoms. The van der Waals surface area contributed by atoms with Crippen LogP contribution in [-0.2, 0) is 19.3 Å². The molecule has 1 aliphatic carbocycles. The predicted molar refractivity (Wildman–Crippen MR) is 138 cm³/mol. The van der Waals surface area contributed by atoms with E-state index in [1.807, 2.05) is 66.7 Å². The minimum Gasteiger partial charge on any atom is -0.508 e. The molecule has 5 atom stereocenters. The normalized spacial score (nSPS) is 19.2. The van der Waals surface area contributed by atoms with Crippen LogP contribution in [0.3, 0.4) is 0 Å². The van der Waals surface area contributed by atoms with Crippen molar-refractivity contribution in [3.63, 3.8) is 0 Å². The first-order valence-corrected chi connectivity index (χ1v) is 12.1. The lowest BCUT2D eigenvalue weighted by atomic mass is 9.83. The minimum absolute atomic E-state index is 0.0778. The molecule has 0 radical (unpaired) electrons. The summed E-state index contributed by atoms with van der Waals surface area (Å²) in [7, 11) is 0. The predicted octanol–water partition coefficient (Wildman–Crippen LogP) is 4.41. The van der Waals surface area contributed by atoms with Crippen molar-refractivity contribution in [3.05, 3.63) is 113 Å². The summed E-state index contributed by atoms with van der Waals surface area (Å²) in [6.07, 6.45) is 1.88. The first-order valence-electron chi connectivity index (χ1n) is 12.1. The summed E-state index contributed by atoms with van der Waals surface area (Å²) in [5.41, 5.74) is 11.7. The molecule has 0 heterocycles. The molecule has 180 valence electrons. The van der Waals surface area contributed by atoms with Crippen molar-refractivity contribution in [2.75, 3.05) is 0 Å². The van der Waals surface area contributed by atoms with E-state index >= 15 is 0 Å². The van der Waals surface area contributed by atoms with Crippen LogP contribution in [0.15, 0.2) is 91.1 Å². The number of fused-ring (bicyclic) bond motifs is 1. The van der Waals surface area contributed by atoms with Crippen LogP contribution in [0.1, 0.15) is 34.7 Å². The molecule has 1 aliphatic rings. The van der Waals surface area contributed by atoms with Crippen LogP contribution < -0.4 is 11.1 Å². The molecule has 3 aromatic rings. The van der Waals surface area contributed by atoms with E-state index in [-0.39, 0.29) is 29.7 Å². The fraction of sp³-hybridized carbons (Fsp3) is 0.300. The molecule has 0 aromatic heterocycles. The minimum atomic E-state index is -0.537. The van der Waals surface area contributed by atoms with E-state index in [1.54, 1.807) is 12.1 Å². The number of hydrogen-bond acceptors (Lipinski definition) is 5. The van der Waals surface area contributed by atoms with Crippen LogP contribution in [-0.4, -0.2) is 22.4 Å². The maximum Gasteiger partial charge on any atom is 0.115 e.